The van der Waals surface area contributed by atoms with Crippen molar-refractivity contribution < 1.29 is 27.0 Å². The molecule has 2 aliphatic heterocycles. The first-order valence-electron chi connectivity index (χ1n) is 11.4. The molecule has 11 heteroatoms. The van der Waals surface area contributed by atoms with E-state index in [0.29, 0.717) is 38.5 Å². The predicted molar refractivity (Wildman–Crippen MR) is 133 cm³/mol. The van der Waals surface area contributed by atoms with E-state index < -0.39 is 10.0 Å². The molecule has 186 valence electrons. The van der Waals surface area contributed by atoms with Crippen LogP contribution in [0.3, 0.4) is 0 Å². The van der Waals surface area contributed by atoms with Gasteiger partial charge < -0.3 is 23.2 Å². The van der Waals surface area contributed by atoms with Crippen molar-refractivity contribution in [1.82, 2.24) is 8.87 Å². The summed E-state index contributed by atoms with van der Waals surface area (Å²) in [6.07, 6.45) is 1.64. The van der Waals surface area contributed by atoms with E-state index in [2.05, 4.69) is 4.57 Å². The second-order valence-corrected chi connectivity index (χ2v) is 11.1. The third-order valence-electron chi connectivity index (χ3n) is 6.02. The molecule has 0 radical (unpaired) electrons. The number of rotatable bonds is 6. The van der Waals surface area contributed by atoms with E-state index in [1.807, 2.05) is 35.7 Å². The fourth-order valence-corrected chi connectivity index (χ4v) is 6.47. The van der Waals surface area contributed by atoms with Crippen molar-refractivity contribution in [2.45, 2.75) is 11.4 Å². The van der Waals surface area contributed by atoms with Crippen LogP contribution in [-0.4, -0.2) is 50.4 Å². The van der Waals surface area contributed by atoms with Crippen LogP contribution in [0.4, 0.5) is 5.69 Å². The Morgan fingerprint density at radius 1 is 0.972 bits per heavy atom. The Labute approximate surface area is 211 Å². The highest BCUT2D eigenvalue weighted by atomic mass is 32.2. The van der Waals surface area contributed by atoms with Crippen LogP contribution in [0.1, 0.15) is 5.56 Å². The van der Waals surface area contributed by atoms with Gasteiger partial charge in [0.1, 0.15) is 0 Å². The van der Waals surface area contributed by atoms with Crippen LogP contribution in [0, 0.1) is 0 Å². The Bertz CT molecular complexity index is 1530. The molecule has 2 aliphatic rings. The minimum Gasteiger partial charge on any atom is -0.463 e. The lowest BCUT2D eigenvalue weighted by Crippen LogP contribution is -2.40. The van der Waals surface area contributed by atoms with Crippen molar-refractivity contribution in [3.63, 3.8) is 0 Å². The van der Waals surface area contributed by atoms with Crippen molar-refractivity contribution in [1.29, 1.82) is 0 Å². The van der Waals surface area contributed by atoms with Gasteiger partial charge in [0.2, 0.25) is 16.8 Å². The summed E-state index contributed by atoms with van der Waals surface area (Å²) in [6, 6.07) is 16.3. The third kappa shape index (κ3) is 4.46. The van der Waals surface area contributed by atoms with Crippen LogP contribution in [-0.2, 0) is 21.3 Å². The van der Waals surface area contributed by atoms with Gasteiger partial charge in [-0.05, 0) is 54.1 Å². The van der Waals surface area contributed by atoms with Crippen LogP contribution in [0.2, 0.25) is 0 Å². The molecule has 0 saturated carbocycles. The quantitative estimate of drug-likeness (QED) is 0.380. The number of ether oxygens (including phenoxy) is 3. The van der Waals surface area contributed by atoms with Gasteiger partial charge in [0.05, 0.1) is 42.3 Å². The summed E-state index contributed by atoms with van der Waals surface area (Å²) in [5.41, 5.74) is 2.58. The molecule has 6 rings (SSSR count). The van der Waals surface area contributed by atoms with Crippen LogP contribution in [0.5, 0.6) is 11.5 Å². The molecule has 2 aromatic heterocycles. The molecular weight excluding hydrogens is 502 g/mol. The van der Waals surface area contributed by atoms with Crippen LogP contribution in [0.15, 0.2) is 80.5 Å². The molecule has 0 aliphatic carbocycles. The number of thiazole rings is 1. The zero-order chi connectivity index (χ0) is 24.5. The van der Waals surface area contributed by atoms with E-state index in [4.69, 9.17) is 23.6 Å². The summed E-state index contributed by atoms with van der Waals surface area (Å²) in [5.74, 6) is 2.19. The van der Waals surface area contributed by atoms with Gasteiger partial charge in [-0.25, -0.2) is 13.4 Å². The second kappa shape index (κ2) is 9.58. The Balaban J connectivity index is 1.34. The highest BCUT2D eigenvalue weighted by Gasteiger charge is 2.26. The summed E-state index contributed by atoms with van der Waals surface area (Å²) in [7, 11) is -3.56. The number of furan rings is 1. The van der Waals surface area contributed by atoms with Crippen LogP contribution >= 0.6 is 11.3 Å². The number of benzene rings is 2. The number of hydrogen-bond acceptors (Lipinski definition) is 8. The first-order chi connectivity index (χ1) is 17.6. The zero-order valence-electron chi connectivity index (χ0n) is 19.2. The highest BCUT2D eigenvalue weighted by molar-refractivity contribution is 7.89. The highest BCUT2D eigenvalue weighted by Crippen LogP contribution is 2.33. The number of morpholine rings is 1. The Kier molecular flexibility index (Phi) is 6.13. The first-order valence-corrected chi connectivity index (χ1v) is 13.7. The minimum absolute atomic E-state index is 0.222. The lowest BCUT2D eigenvalue weighted by molar-refractivity contribution is 0.0730. The van der Waals surface area contributed by atoms with Crippen molar-refractivity contribution >= 4 is 27.0 Å². The molecular formula is C25H23N3O6S2. The monoisotopic (exact) mass is 525 g/mol. The number of aromatic nitrogens is 1. The molecule has 9 nitrogen and oxygen atoms in total. The summed E-state index contributed by atoms with van der Waals surface area (Å²) in [4.78, 5) is 5.83. The van der Waals surface area contributed by atoms with E-state index in [1.165, 1.54) is 15.6 Å². The van der Waals surface area contributed by atoms with Crippen LogP contribution in [0.25, 0.3) is 11.5 Å². The van der Waals surface area contributed by atoms with E-state index in [1.54, 1.807) is 30.5 Å². The summed E-state index contributed by atoms with van der Waals surface area (Å²) >= 11 is 1.49. The topological polar surface area (TPSA) is 95.5 Å². The molecule has 0 amide bonds. The third-order valence-corrected chi connectivity index (χ3v) is 8.79. The molecule has 0 unspecified atom stereocenters. The summed E-state index contributed by atoms with van der Waals surface area (Å²) in [6.45, 7) is 2.30. The van der Waals surface area contributed by atoms with E-state index >= 15 is 0 Å². The molecule has 36 heavy (non-hydrogen) atoms. The van der Waals surface area contributed by atoms with Gasteiger partial charge in [-0.15, -0.1) is 11.3 Å². The van der Waals surface area contributed by atoms with E-state index in [0.717, 1.165) is 33.3 Å². The normalized spacial score (nSPS) is 16.5. The van der Waals surface area contributed by atoms with Gasteiger partial charge in [0.25, 0.3) is 0 Å². The standard InChI is InChI=1S/C25H23N3O6S2/c29-36(30,27-9-12-31-13-10-27)20-6-4-19(5-7-20)26-25-28(21(16-35-25)22-2-1-11-32-22)15-18-3-8-23-24(14-18)34-17-33-23/h1-8,11,14,16H,9-10,12-13,15,17H2. The average molecular weight is 526 g/mol. The molecule has 2 aromatic carbocycles. The fourth-order valence-electron chi connectivity index (χ4n) is 4.15. The second-order valence-electron chi connectivity index (χ2n) is 8.28. The first kappa shape index (κ1) is 23.0. The number of hydrogen-bond donors (Lipinski definition) is 0. The molecule has 0 N–H and O–H groups in total. The van der Waals surface area contributed by atoms with Crippen molar-refractivity contribution in [2.75, 3.05) is 33.1 Å². The van der Waals surface area contributed by atoms with Crippen molar-refractivity contribution in [2.24, 2.45) is 4.99 Å². The maximum Gasteiger partial charge on any atom is 0.243 e. The molecule has 1 saturated heterocycles. The minimum atomic E-state index is -3.56. The largest absolute Gasteiger partial charge is 0.463 e. The van der Waals surface area contributed by atoms with Crippen LogP contribution < -0.4 is 14.3 Å². The number of fused-ring (bicyclic) bond motifs is 1. The molecule has 1 fully saturated rings. The summed E-state index contributed by atoms with van der Waals surface area (Å²) < 4.78 is 51.3. The smallest absolute Gasteiger partial charge is 0.243 e. The van der Waals surface area contributed by atoms with Gasteiger partial charge in [0.15, 0.2) is 22.1 Å². The van der Waals surface area contributed by atoms with Gasteiger partial charge in [-0.2, -0.15) is 4.31 Å². The van der Waals surface area contributed by atoms with Gasteiger partial charge in [0, 0.05) is 18.5 Å². The Morgan fingerprint density at radius 3 is 2.56 bits per heavy atom. The number of nitrogens with zero attached hydrogens (tertiary/aromatic N) is 3. The van der Waals surface area contributed by atoms with Crippen molar-refractivity contribution in [3.05, 3.63) is 76.6 Å². The van der Waals surface area contributed by atoms with E-state index in [9.17, 15) is 8.42 Å². The molecule has 4 heterocycles. The van der Waals surface area contributed by atoms with Gasteiger partial charge in [-0.3, -0.25) is 0 Å². The van der Waals surface area contributed by atoms with Gasteiger partial charge >= 0.3 is 0 Å². The SMILES string of the molecule is O=S(=O)(c1ccc(N=c2scc(-c3ccco3)n2Cc2ccc3c(c2)OCO3)cc1)N1CCOCC1. The Morgan fingerprint density at radius 2 is 1.78 bits per heavy atom. The lowest BCUT2D eigenvalue weighted by Gasteiger charge is -2.26. The van der Waals surface area contributed by atoms with Gasteiger partial charge in [-0.1, -0.05) is 6.07 Å². The zero-order valence-corrected chi connectivity index (χ0v) is 20.8. The number of sulfonamides is 1. The molecule has 4 aromatic rings. The maximum atomic E-state index is 12.9. The summed E-state index contributed by atoms with van der Waals surface area (Å²) in [5, 5.41) is 2.00. The van der Waals surface area contributed by atoms with Crippen molar-refractivity contribution in [3.8, 4) is 23.0 Å². The fraction of sp³-hybridized carbons (Fsp3) is 0.240. The predicted octanol–water partition coefficient (Wildman–Crippen LogP) is 3.84. The maximum absolute atomic E-state index is 12.9. The lowest BCUT2D eigenvalue weighted by atomic mass is 10.2. The molecule has 0 atom stereocenters. The Hall–Kier alpha value is -3.38. The average Bonchev–Trinajstić information content (AvgIpc) is 3.67. The molecule has 0 bridgehead atoms. The molecule has 0 spiro atoms. The van der Waals surface area contributed by atoms with E-state index in [-0.39, 0.29) is 11.7 Å².